The van der Waals surface area contributed by atoms with Crippen molar-refractivity contribution in [1.29, 1.82) is 0 Å². The number of alkyl halides is 1. The summed E-state index contributed by atoms with van der Waals surface area (Å²) in [5, 5.41) is 9.69. The van der Waals surface area contributed by atoms with Crippen LogP contribution in [-0.2, 0) is 4.79 Å². The average Bonchev–Trinajstić information content (AvgIpc) is 2.00. The van der Waals surface area contributed by atoms with Gasteiger partial charge in [0.1, 0.15) is 0 Å². The molecular formula is C9H11ClO2. The molecule has 0 bridgehead atoms. The molecule has 3 heteroatoms. The Morgan fingerprint density at radius 2 is 2.17 bits per heavy atom. The van der Waals surface area contributed by atoms with Gasteiger partial charge in [0, 0.05) is 0 Å². The summed E-state index contributed by atoms with van der Waals surface area (Å²) < 4.78 is 0. The molecular weight excluding hydrogens is 176 g/mol. The smallest absolute Gasteiger partial charge is 0.195 e. The van der Waals surface area contributed by atoms with Crippen molar-refractivity contribution >= 4 is 17.4 Å². The highest BCUT2D eigenvalue weighted by Gasteiger charge is 2.35. The van der Waals surface area contributed by atoms with Crippen LogP contribution >= 0.6 is 11.6 Å². The van der Waals surface area contributed by atoms with E-state index >= 15 is 0 Å². The Morgan fingerprint density at radius 1 is 1.58 bits per heavy atom. The fourth-order valence-corrected chi connectivity index (χ4v) is 1.53. The maximum absolute atomic E-state index is 11.4. The number of allylic oxidation sites excluding steroid dienone is 2. The number of Topliss-reactive ketones (excluding diaryl/α,β-unsaturated/α-hetero) is 1. The molecule has 1 unspecified atom stereocenters. The molecule has 2 nitrogen and oxygen atoms in total. The topological polar surface area (TPSA) is 37.3 Å². The first-order valence-corrected chi connectivity index (χ1v) is 4.24. The zero-order valence-corrected chi connectivity index (χ0v) is 7.85. The molecule has 1 aliphatic rings. The molecule has 0 saturated carbocycles. The molecule has 0 saturated heterocycles. The summed E-state index contributed by atoms with van der Waals surface area (Å²) in [5.41, 5.74) is -0.0572. The van der Waals surface area contributed by atoms with Crippen LogP contribution in [0.4, 0.5) is 0 Å². The van der Waals surface area contributed by atoms with Gasteiger partial charge in [-0.25, -0.2) is 0 Å². The summed E-state index contributed by atoms with van der Waals surface area (Å²) in [4.78, 5) is 11.4. The molecule has 12 heavy (non-hydrogen) atoms. The zero-order valence-electron chi connectivity index (χ0n) is 7.10. The van der Waals surface area contributed by atoms with Gasteiger partial charge in [-0.3, -0.25) is 4.79 Å². The van der Waals surface area contributed by atoms with Crippen molar-refractivity contribution < 1.29 is 9.90 Å². The second-order valence-corrected chi connectivity index (χ2v) is 3.37. The van der Waals surface area contributed by atoms with E-state index < -0.39 is 5.60 Å². The normalized spacial score (nSPS) is 29.8. The van der Waals surface area contributed by atoms with Gasteiger partial charge in [0.05, 0.1) is 5.88 Å². The van der Waals surface area contributed by atoms with Gasteiger partial charge in [-0.15, -0.1) is 11.6 Å². The van der Waals surface area contributed by atoms with Crippen molar-refractivity contribution in [3.05, 3.63) is 23.3 Å². The fraction of sp³-hybridized carbons (Fsp3) is 0.444. The molecule has 0 aromatic rings. The molecule has 66 valence electrons. The Hall–Kier alpha value is -0.600. The average molecular weight is 187 g/mol. The molecule has 1 atom stereocenters. The lowest BCUT2D eigenvalue weighted by atomic mass is 9.88. The summed E-state index contributed by atoms with van der Waals surface area (Å²) in [6, 6.07) is 0. The molecule has 0 amide bonds. The predicted octanol–water partition coefficient (Wildman–Crippen LogP) is 1.43. The molecule has 0 aromatic carbocycles. The number of carbonyl (C=O) groups is 1. The Balaban J connectivity index is 3.10. The third-order valence-electron chi connectivity index (χ3n) is 1.87. The minimum absolute atomic E-state index is 0.0889. The number of halogens is 1. The number of rotatable bonds is 1. The van der Waals surface area contributed by atoms with Crippen molar-refractivity contribution in [2.75, 3.05) is 5.88 Å². The van der Waals surface area contributed by atoms with Crippen LogP contribution in [0.15, 0.2) is 23.3 Å². The zero-order chi connectivity index (χ0) is 9.35. The predicted molar refractivity (Wildman–Crippen MR) is 48.2 cm³/mol. The molecule has 0 fully saturated rings. The van der Waals surface area contributed by atoms with E-state index in [9.17, 15) is 9.90 Å². The summed E-state index contributed by atoms with van der Waals surface area (Å²) in [6.07, 6.45) is 3.23. The lowest BCUT2D eigenvalue weighted by Crippen LogP contribution is -2.40. The maximum Gasteiger partial charge on any atom is 0.195 e. The molecule has 1 aliphatic carbocycles. The minimum atomic E-state index is -1.48. The highest BCUT2D eigenvalue weighted by atomic mass is 35.5. The van der Waals surface area contributed by atoms with Gasteiger partial charge in [-0.1, -0.05) is 11.6 Å². The number of ketones is 1. The Morgan fingerprint density at radius 3 is 2.67 bits per heavy atom. The minimum Gasteiger partial charge on any atom is -0.376 e. The number of carbonyl (C=O) groups excluding carboxylic acids is 1. The molecule has 1 rings (SSSR count). The van der Waals surface area contributed by atoms with Crippen LogP contribution in [0.25, 0.3) is 0 Å². The molecule has 0 aromatic heterocycles. The largest absolute Gasteiger partial charge is 0.376 e. The fourth-order valence-electron chi connectivity index (χ4n) is 1.33. The van der Waals surface area contributed by atoms with E-state index in [1.54, 1.807) is 13.0 Å². The summed E-state index contributed by atoms with van der Waals surface area (Å²) in [6.45, 7) is 3.50. The molecule has 0 aliphatic heterocycles. The van der Waals surface area contributed by atoms with Gasteiger partial charge in [0.15, 0.2) is 11.4 Å². The van der Waals surface area contributed by atoms with Gasteiger partial charge in [0.25, 0.3) is 0 Å². The van der Waals surface area contributed by atoms with Gasteiger partial charge in [-0.05, 0) is 25.5 Å². The summed E-state index contributed by atoms with van der Waals surface area (Å²) in [7, 11) is 0. The van der Waals surface area contributed by atoms with Gasteiger partial charge in [0.2, 0.25) is 0 Å². The lowest BCUT2D eigenvalue weighted by molar-refractivity contribution is -0.127. The summed E-state index contributed by atoms with van der Waals surface area (Å²) >= 11 is 5.50. The van der Waals surface area contributed by atoms with Crippen molar-refractivity contribution in [2.24, 2.45) is 0 Å². The second-order valence-electron chi connectivity index (χ2n) is 3.10. The highest BCUT2D eigenvalue weighted by Crippen LogP contribution is 2.23. The maximum atomic E-state index is 11.4. The summed E-state index contributed by atoms with van der Waals surface area (Å²) in [5.74, 6) is -0.392. The Bertz CT molecular complexity index is 278. The first-order valence-electron chi connectivity index (χ1n) is 3.70. The first-order chi connectivity index (χ1) is 5.49. The van der Waals surface area contributed by atoms with Crippen molar-refractivity contribution in [3.8, 4) is 0 Å². The van der Waals surface area contributed by atoms with Crippen molar-refractivity contribution in [1.82, 2.24) is 0 Å². The van der Waals surface area contributed by atoms with Gasteiger partial charge < -0.3 is 5.11 Å². The lowest BCUT2D eigenvalue weighted by Gasteiger charge is -2.24. The number of aliphatic hydroxyl groups is 1. The standard InChI is InChI=1S/C9H11ClO2/c1-6-3-7(2)8(11)9(12,4-6)5-10/h3-4,12H,5H2,1-2H3. The van der Waals surface area contributed by atoms with Crippen LogP contribution in [0.2, 0.25) is 0 Å². The Kier molecular flexibility index (Phi) is 2.40. The molecule has 0 heterocycles. The van der Waals surface area contributed by atoms with Crippen molar-refractivity contribution in [3.63, 3.8) is 0 Å². The number of hydrogen-bond acceptors (Lipinski definition) is 2. The highest BCUT2D eigenvalue weighted by molar-refractivity contribution is 6.22. The van der Waals surface area contributed by atoms with E-state index in [1.807, 2.05) is 6.92 Å². The molecule has 0 spiro atoms. The van der Waals surface area contributed by atoms with Crippen LogP contribution in [0.3, 0.4) is 0 Å². The Labute approximate surface area is 76.5 Å². The van der Waals surface area contributed by atoms with E-state index in [2.05, 4.69) is 0 Å². The van der Waals surface area contributed by atoms with E-state index in [-0.39, 0.29) is 11.7 Å². The van der Waals surface area contributed by atoms with Crippen LogP contribution in [0.5, 0.6) is 0 Å². The van der Waals surface area contributed by atoms with E-state index in [0.29, 0.717) is 5.57 Å². The van der Waals surface area contributed by atoms with E-state index in [4.69, 9.17) is 11.6 Å². The number of hydrogen-bond donors (Lipinski definition) is 1. The van der Waals surface area contributed by atoms with Crippen molar-refractivity contribution in [2.45, 2.75) is 19.4 Å². The van der Waals surface area contributed by atoms with Crippen LogP contribution in [-0.4, -0.2) is 22.4 Å². The van der Waals surface area contributed by atoms with Crippen LogP contribution in [0, 0.1) is 0 Å². The first kappa shape index (κ1) is 9.49. The van der Waals surface area contributed by atoms with Crippen LogP contribution in [0.1, 0.15) is 13.8 Å². The van der Waals surface area contributed by atoms with E-state index in [1.165, 1.54) is 6.08 Å². The SMILES string of the molecule is CC1=CC(O)(CCl)C(=O)C(C)=C1. The van der Waals surface area contributed by atoms with Gasteiger partial charge in [-0.2, -0.15) is 0 Å². The monoisotopic (exact) mass is 186 g/mol. The van der Waals surface area contributed by atoms with E-state index in [0.717, 1.165) is 5.57 Å². The van der Waals surface area contributed by atoms with Crippen LogP contribution < -0.4 is 0 Å². The molecule has 1 N–H and O–H groups in total. The van der Waals surface area contributed by atoms with Gasteiger partial charge >= 0.3 is 0 Å². The molecule has 0 radical (unpaired) electrons. The third kappa shape index (κ3) is 1.45. The third-order valence-corrected chi connectivity index (χ3v) is 2.27. The quantitative estimate of drug-likeness (QED) is 0.630. The second kappa shape index (κ2) is 3.04.